The molecule has 29 heavy (non-hydrogen) atoms. The number of ether oxygens (including phenoxy) is 1. The molecule has 1 aliphatic heterocycles. The molecule has 2 aromatic heterocycles. The van der Waals surface area contributed by atoms with Crippen molar-refractivity contribution in [2.45, 2.75) is 0 Å². The quantitative estimate of drug-likeness (QED) is 0.629. The average molecular weight is 429 g/mol. The van der Waals surface area contributed by atoms with Crippen LogP contribution in [0.1, 0.15) is 9.67 Å². The second-order valence-corrected chi connectivity index (χ2v) is 8.45. The minimum absolute atomic E-state index is 0.0607. The standard InChI is InChI=1S/C20H20N4O3S2/c25-18(13-24-7-9-27-10-8-24)22-14-3-5-15(6-4-14)23-19(26)17-12-21-20(29-17)16-2-1-11-28-16/h1-6,11-12H,7-10,13H2,(H,22,25)(H,23,26). The van der Waals surface area contributed by atoms with Gasteiger partial charge in [-0.05, 0) is 35.7 Å². The van der Waals surface area contributed by atoms with Crippen LogP contribution < -0.4 is 10.6 Å². The molecule has 0 atom stereocenters. The molecule has 1 aromatic carbocycles. The molecule has 3 heterocycles. The van der Waals surface area contributed by atoms with Crippen molar-refractivity contribution in [3.8, 4) is 9.88 Å². The van der Waals surface area contributed by atoms with Crippen LogP contribution in [0.5, 0.6) is 0 Å². The maximum absolute atomic E-state index is 12.5. The number of carbonyl (C=O) groups excluding carboxylic acids is 2. The Balaban J connectivity index is 1.31. The van der Waals surface area contributed by atoms with Crippen molar-refractivity contribution in [1.29, 1.82) is 0 Å². The first-order valence-corrected chi connectivity index (χ1v) is 10.9. The van der Waals surface area contributed by atoms with Crippen LogP contribution >= 0.6 is 22.7 Å². The Morgan fingerprint density at radius 1 is 1.07 bits per heavy atom. The Bertz CT molecular complexity index is 964. The first kappa shape index (κ1) is 19.7. The van der Waals surface area contributed by atoms with Gasteiger partial charge in [0.2, 0.25) is 5.91 Å². The first-order valence-electron chi connectivity index (χ1n) is 9.18. The number of nitrogens with one attached hydrogen (secondary N) is 2. The zero-order valence-corrected chi connectivity index (χ0v) is 17.2. The number of nitrogens with zero attached hydrogens (tertiary/aromatic N) is 2. The Labute approximate surface area is 176 Å². The predicted molar refractivity (Wildman–Crippen MR) is 116 cm³/mol. The van der Waals surface area contributed by atoms with E-state index in [2.05, 4.69) is 20.5 Å². The van der Waals surface area contributed by atoms with Gasteiger partial charge in [-0.3, -0.25) is 14.5 Å². The zero-order valence-electron chi connectivity index (χ0n) is 15.6. The minimum atomic E-state index is -0.200. The number of hydrogen-bond acceptors (Lipinski definition) is 7. The highest BCUT2D eigenvalue weighted by molar-refractivity contribution is 7.22. The van der Waals surface area contributed by atoms with Crippen LogP contribution in [0.15, 0.2) is 48.0 Å². The van der Waals surface area contributed by atoms with E-state index in [4.69, 9.17) is 4.74 Å². The summed E-state index contributed by atoms with van der Waals surface area (Å²) in [7, 11) is 0. The van der Waals surface area contributed by atoms with E-state index in [1.54, 1.807) is 41.8 Å². The van der Waals surface area contributed by atoms with Gasteiger partial charge in [0.15, 0.2) is 0 Å². The van der Waals surface area contributed by atoms with Gasteiger partial charge < -0.3 is 15.4 Å². The highest BCUT2D eigenvalue weighted by atomic mass is 32.1. The van der Waals surface area contributed by atoms with Gasteiger partial charge in [0.05, 0.1) is 30.8 Å². The summed E-state index contributed by atoms with van der Waals surface area (Å²) in [5.74, 6) is -0.260. The van der Waals surface area contributed by atoms with Crippen LogP contribution in [-0.2, 0) is 9.53 Å². The van der Waals surface area contributed by atoms with Gasteiger partial charge in [0.1, 0.15) is 9.88 Å². The first-order chi connectivity index (χ1) is 14.2. The molecule has 1 aliphatic rings. The lowest BCUT2D eigenvalue weighted by molar-refractivity contribution is -0.118. The minimum Gasteiger partial charge on any atom is -0.379 e. The topological polar surface area (TPSA) is 83.6 Å². The molecule has 0 unspecified atom stereocenters. The third kappa shape index (κ3) is 5.27. The third-order valence-corrected chi connectivity index (χ3v) is 6.39. The van der Waals surface area contributed by atoms with Crippen LogP contribution in [-0.4, -0.2) is 54.5 Å². The van der Waals surface area contributed by atoms with E-state index in [0.29, 0.717) is 36.0 Å². The molecule has 7 nitrogen and oxygen atoms in total. The van der Waals surface area contributed by atoms with E-state index in [9.17, 15) is 9.59 Å². The van der Waals surface area contributed by atoms with Crippen LogP contribution in [0.25, 0.3) is 9.88 Å². The van der Waals surface area contributed by atoms with Gasteiger partial charge in [0.25, 0.3) is 5.91 Å². The molecule has 2 amide bonds. The number of aromatic nitrogens is 1. The molecule has 3 aromatic rings. The molecule has 0 aliphatic carbocycles. The van der Waals surface area contributed by atoms with Crippen LogP contribution in [0.3, 0.4) is 0 Å². The van der Waals surface area contributed by atoms with Gasteiger partial charge in [0, 0.05) is 24.5 Å². The number of hydrogen-bond donors (Lipinski definition) is 2. The van der Waals surface area contributed by atoms with Gasteiger partial charge in [-0.25, -0.2) is 4.98 Å². The molecule has 0 radical (unpaired) electrons. The summed E-state index contributed by atoms with van der Waals surface area (Å²) < 4.78 is 5.29. The maximum atomic E-state index is 12.5. The molecular formula is C20H20N4O3S2. The van der Waals surface area contributed by atoms with E-state index in [-0.39, 0.29) is 11.8 Å². The van der Waals surface area contributed by atoms with Gasteiger partial charge >= 0.3 is 0 Å². The SMILES string of the molecule is O=C(CN1CCOCC1)Nc1ccc(NC(=O)c2cnc(-c3cccs3)s2)cc1. The summed E-state index contributed by atoms with van der Waals surface area (Å²) in [5, 5.41) is 8.56. The van der Waals surface area contributed by atoms with Crippen molar-refractivity contribution >= 4 is 45.9 Å². The monoisotopic (exact) mass is 428 g/mol. The lowest BCUT2D eigenvalue weighted by Gasteiger charge is -2.25. The van der Waals surface area contributed by atoms with Crippen LogP contribution in [0.2, 0.25) is 0 Å². The summed E-state index contributed by atoms with van der Waals surface area (Å²) in [5.41, 5.74) is 1.35. The Morgan fingerprint density at radius 2 is 1.79 bits per heavy atom. The molecule has 0 bridgehead atoms. The Hall–Kier alpha value is -2.59. The molecule has 0 spiro atoms. The summed E-state index contributed by atoms with van der Waals surface area (Å²) in [4.78, 5) is 32.6. The van der Waals surface area contributed by atoms with Crippen LogP contribution in [0, 0.1) is 0 Å². The largest absolute Gasteiger partial charge is 0.379 e. The van der Waals surface area contributed by atoms with Crippen molar-refractivity contribution in [2.24, 2.45) is 0 Å². The fraction of sp³-hybridized carbons (Fsp3) is 0.250. The molecular weight excluding hydrogens is 408 g/mol. The number of thiazole rings is 1. The number of thiophene rings is 1. The number of carbonyl (C=O) groups is 2. The molecule has 1 saturated heterocycles. The number of rotatable bonds is 6. The zero-order chi connectivity index (χ0) is 20.1. The van der Waals surface area contributed by atoms with Gasteiger partial charge in [-0.2, -0.15) is 0 Å². The summed E-state index contributed by atoms with van der Waals surface area (Å²) in [6, 6.07) is 11.0. The lowest BCUT2D eigenvalue weighted by Crippen LogP contribution is -2.41. The van der Waals surface area contributed by atoms with E-state index >= 15 is 0 Å². The highest BCUT2D eigenvalue weighted by Gasteiger charge is 2.15. The summed E-state index contributed by atoms with van der Waals surface area (Å²) in [6.07, 6.45) is 1.59. The Morgan fingerprint density at radius 3 is 2.48 bits per heavy atom. The van der Waals surface area contributed by atoms with E-state index in [1.807, 2.05) is 17.5 Å². The van der Waals surface area contributed by atoms with Crippen molar-refractivity contribution in [2.75, 3.05) is 43.5 Å². The van der Waals surface area contributed by atoms with E-state index in [0.717, 1.165) is 23.0 Å². The van der Waals surface area contributed by atoms with Gasteiger partial charge in [-0.15, -0.1) is 22.7 Å². The summed E-state index contributed by atoms with van der Waals surface area (Å²) >= 11 is 2.96. The van der Waals surface area contributed by atoms with E-state index < -0.39 is 0 Å². The fourth-order valence-electron chi connectivity index (χ4n) is 2.89. The maximum Gasteiger partial charge on any atom is 0.267 e. The fourth-order valence-corrected chi connectivity index (χ4v) is 4.50. The number of anilines is 2. The normalized spacial score (nSPS) is 14.5. The molecule has 2 N–H and O–H groups in total. The second kappa shape index (κ2) is 9.27. The lowest BCUT2D eigenvalue weighted by atomic mass is 10.2. The predicted octanol–water partition coefficient (Wildman–Crippen LogP) is 3.39. The molecule has 150 valence electrons. The van der Waals surface area contributed by atoms with Crippen molar-refractivity contribution in [1.82, 2.24) is 9.88 Å². The summed E-state index contributed by atoms with van der Waals surface area (Å²) in [6.45, 7) is 3.21. The highest BCUT2D eigenvalue weighted by Crippen LogP contribution is 2.29. The molecule has 4 rings (SSSR count). The van der Waals surface area contributed by atoms with Crippen molar-refractivity contribution < 1.29 is 14.3 Å². The second-order valence-electron chi connectivity index (χ2n) is 6.48. The number of benzene rings is 1. The number of amides is 2. The third-order valence-electron chi connectivity index (χ3n) is 4.36. The van der Waals surface area contributed by atoms with E-state index in [1.165, 1.54) is 11.3 Å². The Kier molecular flexibility index (Phi) is 6.30. The molecule has 1 fully saturated rings. The van der Waals surface area contributed by atoms with Crippen molar-refractivity contribution in [3.05, 3.63) is 52.9 Å². The molecule has 9 heteroatoms. The van der Waals surface area contributed by atoms with Gasteiger partial charge in [-0.1, -0.05) is 6.07 Å². The number of morpholine rings is 1. The smallest absolute Gasteiger partial charge is 0.267 e. The average Bonchev–Trinajstić information content (AvgIpc) is 3.42. The van der Waals surface area contributed by atoms with Crippen LogP contribution in [0.4, 0.5) is 11.4 Å². The van der Waals surface area contributed by atoms with Crippen molar-refractivity contribution in [3.63, 3.8) is 0 Å². The molecule has 0 saturated carbocycles.